The third-order valence-electron chi connectivity index (χ3n) is 5.20. The smallest absolute Gasteiger partial charge is 0.322 e. The van der Waals surface area contributed by atoms with Gasteiger partial charge in [0.25, 0.3) is 0 Å². The number of rotatable bonds is 9. The van der Waals surface area contributed by atoms with Crippen LogP contribution in [0.25, 0.3) is 0 Å². The van der Waals surface area contributed by atoms with Gasteiger partial charge in [-0.1, -0.05) is 49.7 Å². The molecule has 3 aromatic rings. The molecule has 2 aromatic carbocycles. The highest BCUT2D eigenvalue weighted by Gasteiger charge is 2.16. The Kier molecular flexibility index (Phi) is 8.15. The van der Waals surface area contributed by atoms with Crippen molar-refractivity contribution in [3.05, 3.63) is 88.7 Å². The van der Waals surface area contributed by atoms with Gasteiger partial charge in [0.15, 0.2) is 0 Å². The number of nitrogens with one attached hydrogen (secondary N) is 1. The van der Waals surface area contributed by atoms with Crippen molar-refractivity contribution in [1.82, 2.24) is 9.47 Å². The molecule has 0 aliphatic carbocycles. The maximum atomic E-state index is 13.0. The van der Waals surface area contributed by atoms with Gasteiger partial charge in [0.1, 0.15) is 0 Å². The molecule has 0 fully saturated rings. The van der Waals surface area contributed by atoms with E-state index in [1.165, 1.54) is 5.56 Å². The van der Waals surface area contributed by atoms with Crippen LogP contribution in [0.3, 0.4) is 0 Å². The first kappa shape index (κ1) is 22.9. The van der Waals surface area contributed by atoms with E-state index in [2.05, 4.69) is 35.9 Å². The molecular formula is C25H30ClN3O2. The summed E-state index contributed by atoms with van der Waals surface area (Å²) in [6.07, 6.45) is 2.02. The number of carbonyl (C=O) groups is 1. The van der Waals surface area contributed by atoms with Crippen LogP contribution in [-0.2, 0) is 17.8 Å². The van der Waals surface area contributed by atoms with E-state index >= 15 is 0 Å². The van der Waals surface area contributed by atoms with E-state index in [1.54, 1.807) is 12.0 Å². The molecule has 1 aromatic heterocycles. The highest BCUT2D eigenvalue weighted by atomic mass is 35.5. The van der Waals surface area contributed by atoms with Crippen molar-refractivity contribution in [2.24, 2.45) is 0 Å². The van der Waals surface area contributed by atoms with E-state index < -0.39 is 0 Å². The van der Waals surface area contributed by atoms with Gasteiger partial charge in [-0.25, -0.2) is 4.79 Å². The van der Waals surface area contributed by atoms with Crippen LogP contribution in [0.2, 0.25) is 5.02 Å². The number of anilines is 1. The second kappa shape index (κ2) is 11.0. The zero-order chi connectivity index (χ0) is 22.2. The monoisotopic (exact) mass is 439 g/mol. The summed E-state index contributed by atoms with van der Waals surface area (Å²) >= 11 is 6.13. The summed E-state index contributed by atoms with van der Waals surface area (Å²) in [7, 11) is 1.64. The van der Waals surface area contributed by atoms with Crippen LogP contribution in [-0.4, -0.2) is 35.8 Å². The Morgan fingerprint density at radius 1 is 1.13 bits per heavy atom. The Labute approximate surface area is 189 Å². The van der Waals surface area contributed by atoms with E-state index in [0.29, 0.717) is 32.2 Å². The van der Waals surface area contributed by atoms with E-state index in [0.717, 1.165) is 22.0 Å². The van der Waals surface area contributed by atoms with Gasteiger partial charge < -0.3 is 19.5 Å². The Hall–Kier alpha value is -2.76. The van der Waals surface area contributed by atoms with Crippen molar-refractivity contribution in [1.29, 1.82) is 0 Å². The third kappa shape index (κ3) is 6.61. The highest BCUT2D eigenvalue weighted by Crippen LogP contribution is 2.18. The van der Waals surface area contributed by atoms with E-state index in [9.17, 15) is 4.79 Å². The Morgan fingerprint density at radius 2 is 1.90 bits per heavy atom. The lowest BCUT2D eigenvalue weighted by Crippen LogP contribution is -2.37. The number of urea groups is 1. The molecule has 6 heteroatoms. The molecule has 0 saturated heterocycles. The minimum Gasteiger partial charge on any atom is -0.383 e. The summed E-state index contributed by atoms with van der Waals surface area (Å²) in [5, 5.41) is 3.73. The second-order valence-electron chi connectivity index (χ2n) is 7.88. The molecule has 0 radical (unpaired) electrons. The number of nitrogens with zero attached hydrogens (tertiary/aromatic N) is 2. The fourth-order valence-corrected chi connectivity index (χ4v) is 3.60. The van der Waals surface area contributed by atoms with Crippen molar-refractivity contribution >= 4 is 23.3 Å². The van der Waals surface area contributed by atoms with Crippen LogP contribution in [0.15, 0.2) is 66.9 Å². The molecule has 3 rings (SSSR count). The number of benzene rings is 2. The molecule has 2 amide bonds. The van der Waals surface area contributed by atoms with E-state index in [4.69, 9.17) is 16.3 Å². The van der Waals surface area contributed by atoms with Gasteiger partial charge in [-0.3, -0.25) is 0 Å². The van der Waals surface area contributed by atoms with Crippen molar-refractivity contribution in [2.75, 3.05) is 25.6 Å². The van der Waals surface area contributed by atoms with Crippen LogP contribution in [0.5, 0.6) is 0 Å². The van der Waals surface area contributed by atoms with Gasteiger partial charge in [0.2, 0.25) is 0 Å². The lowest BCUT2D eigenvalue weighted by Gasteiger charge is -2.24. The van der Waals surface area contributed by atoms with Crippen molar-refractivity contribution in [3.8, 4) is 0 Å². The van der Waals surface area contributed by atoms with Crippen molar-refractivity contribution in [2.45, 2.75) is 32.9 Å². The number of methoxy groups -OCH3 is 1. The van der Waals surface area contributed by atoms with Crippen molar-refractivity contribution < 1.29 is 9.53 Å². The maximum Gasteiger partial charge on any atom is 0.322 e. The molecule has 0 saturated carbocycles. The third-order valence-corrected chi connectivity index (χ3v) is 5.43. The normalized spacial score (nSPS) is 11.0. The zero-order valence-electron chi connectivity index (χ0n) is 18.3. The SMILES string of the molecule is COCCN(Cc1cccn1Cc1cccc(Cl)c1)C(=O)Nc1ccc(C(C)C)cc1. The number of halogens is 1. The van der Waals surface area contributed by atoms with Crippen molar-refractivity contribution in [3.63, 3.8) is 0 Å². The predicted octanol–water partition coefficient (Wildman–Crippen LogP) is 5.99. The van der Waals surface area contributed by atoms with Crippen LogP contribution in [0, 0.1) is 0 Å². The molecule has 0 spiro atoms. The second-order valence-corrected chi connectivity index (χ2v) is 8.31. The Morgan fingerprint density at radius 3 is 2.58 bits per heavy atom. The summed E-state index contributed by atoms with van der Waals surface area (Å²) < 4.78 is 7.36. The first-order valence-electron chi connectivity index (χ1n) is 10.5. The largest absolute Gasteiger partial charge is 0.383 e. The van der Waals surface area contributed by atoms with Crippen LogP contribution in [0.1, 0.15) is 36.6 Å². The first-order chi connectivity index (χ1) is 15.0. The van der Waals surface area contributed by atoms with E-state index in [-0.39, 0.29) is 6.03 Å². The molecule has 1 heterocycles. The molecular weight excluding hydrogens is 410 g/mol. The molecule has 5 nitrogen and oxygen atoms in total. The summed E-state index contributed by atoms with van der Waals surface area (Å²) in [6, 6.07) is 19.7. The average molecular weight is 440 g/mol. The topological polar surface area (TPSA) is 46.5 Å². The summed E-state index contributed by atoms with van der Waals surface area (Å²) in [6.45, 7) is 6.44. The number of hydrogen-bond donors (Lipinski definition) is 1. The van der Waals surface area contributed by atoms with E-state index in [1.807, 2.05) is 54.7 Å². The summed E-state index contributed by atoms with van der Waals surface area (Å²) in [4.78, 5) is 14.8. The molecule has 0 atom stereocenters. The lowest BCUT2D eigenvalue weighted by atomic mass is 10.0. The fraction of sp³-hybridized carbons (Fsp3) is 0.320. The number of amides is 2. The van der Waals surface area contributed by atoms with Gasteiger partial charge in [-0.15, -0.1) is 0 Å². The maximum absolute atomic E-state index is 13.0. The minimum atomic E-state index is -0.148. The first-order valence-corrected chi connectivity index (χ1v) is 10.9. The Bertz CT molecular complexity index is 982. The fourth-order valence-electron chi connectivity index (χ4n) is 3.38. The quantitative estimate of drug-likeness (QED) is 0.444. The van der Waals surface area contributed by atoms with Crippen LogP contribution < -0.4 is 5.32 Å². The van der Waals surface area contributed by atoms with Gasteiger partial charge in [0.05, 0.1) is 13.2 Å². The molecule has 1 N–H and O–H groups in total. The van der Waals surface area contributed by atoms with Crippen LogP contribution >= 0.6 is 11.6 Å². The lowest BCUT2D eigenvalue weighted by molar-refractivity contribution is 0.152. The van der Waals surface area contributed by atoms with Gasteiger partial charge in [0, 0.05) is 42.8 Å². The predicted molar refractivity (Wildman–Crippen MR) is 127 cm³/mol. The highest BCUT2D eigenvalue weighted by molar-refractivity contribution is 6.30. The molecule has 0 aliphatic rings. The Balaban J connectivity index is 1.71. The number of hydrogen-bond acceptors (Lipinski definition) is 2. The average Bonchev–Trinajstić information content (AvgIpc) is 3.18. The standard InChI is InChI=1S/C25H30ClN3O2/c1-19(2)21-9-11-23(12-10-21)27-25(30)29(14-15-31-3)18-24-8-5-13-28(24)17-20-6-4-7-22(26)16-20/h4-13,16,19H,14-15,17-18H2,1-3H3,(H,27,30). The molecule has 0 bridgehead atoms. The zero-order valence-corrected chi connectivity index (χ0v) is 19.1. The number of carbonyl (C=O) groups excluding carboxylic acids is 1. The van der Waals surface area contributed by atoms with Gasteiger partial charge >= 0.3 is 6.03 Å². The molecule has 164 valence electrons. The molecule has 0 aliphatic heterocycles. The van der Waals surface area contributed by atoms with Gasteiger partial charge in [-0.2, -0.15) is 0 Å². The molecule has 31 heavy (non-hydrogen) atoms. The summed E-state index contributed by atoms with van der Waals surface area (Å²) in [5.74, 6) is 0.454. The minimum absolute atomic E-state index is 0.148. The number of ether oxygens (including phenoxy) is 1. The summed E-state index contributed by atoms with van der Waals surface area (Å²) in [5.41, 5.74) is 4.18. The van der Waals surface area contributed by atoms with Crippen LogP contribution in [0.4, 0.5) is 10.5 Å². The number of aromatic nitrogens is 1. The molecule has 0 unspecified atom stereocenters. The van der Waals surface area contributed by atoms with Gasteiger partial charge in [-0.05, 0) is 53.4 Å².